The first-order valence-corrected chi connectivity index (χ1v) is 5.67. The summed E-state index contributed by atoms with van der Waals surface area (Å²) in [7, 11) is 1.61. The van der Waals surface area contributed by atoms with Gasteiger partial charge in [0.1, 0.15) is 5.82 Å². The fraction of sp³-hybridized carbons (Fsp3) is 0.417. The number of carbonyl (C=O) groups is 1. The highest BCUT2D eigenvalue weighted by molar-refractivity contribution is 6.33. The molecule has 3 nitrogen and oxygen atoms in total. The number of carbonyl (C=O) groups excluding carboxylic acids is 1. The van der Waals surface area contributed by atoms with E-state index in [-0.39, 0.29) is 22.5 Å². The first kappa shape index (κ1) is 13.9. The highest BCUT2D eigenvalue weighted by Gasteiger charge is 2.17. The Kier molecular flexibility index (Phi) is 4.48. The van der Waals surface area contributed by atoms with Crippen LogP contribution in [0.4, 0.5) is 4.39 Å². The van der Waals surface area contributed by atoms with Gasteiger partial charge in [-0.05, 0) is 31.5 Å². The molecule has 0 heterocycles. The van der Waals surface area contributed by atoms with Crippen LogP contribution in [0.25, 0.3) is 0 Å². The summed E-state index contributed by atoms with van der Waals surface area (Å²) in [5.41, 5.74) is 6.18. The molecule has 1 aromatic carbocycles. The Balaban J connectivity index is 3.00. The van der Waals surface area contributed by atoms with Crippen LogP contribution in [0.15, 0.2) is 12.1 Å². The SMILES string of the molecule is Cc1cc(Cl)c(C(=O)N(C)CC(C)N)cc1F. The number of likely N-dealkylation sites (N-methyl/N-ethyl adjacent to an activating group) is 1. The standard InChI is InChI=1S/C12H16ClFN2O/c1-7-4-10(13)9(5-11(7)14)12(17)16(3)6-8(2)15/h4-5,8H,6,15H2,1-3H3. The lowest BCUT2D eigenvalue weighted by Gasteiger charge is -2.20. The molecule has 1 atom stereocenters. The van der Waals surface area contributed by atoms with Crippen molar-refractivity contribution in [1.82, 2.24) is 4.90 Å². The average molecular weight is 259 g/mol. The zero-order valence-electron chi connectivity index (χ0n) is 10.1. The van der Waals surface area contributed by atoms with Gasteiger partial charge in [0.15, 0.2) is 0 Å². The molecular weight excluding hydrogens is 243 g/mol. The number of amides is 1. The highest BCUT2D eigenvalue weighted by atomic mass is 35.5. The van der Waals surface area contributed by atoms with Crippen molar-refractivity contribution in [3.63, 3.8) is 0 Å². The van der Waals surface area contributed by atoms with Gasteiger partial charge in [-0.3, -0.25) is 4.79 Å². The Bertz CT molecular complexity index is 435. The van der Waals surface area contributed by atoms with E-state index < -0.39 is 5.82 Å². The molecule has 1 amide bonds. The number of halogens is 2. The van der Waals surface area contributed by atoms with Gasteiger partial charge in [-0.25, -0.2) is 4.39 Å². The van der Waals surface area contributed by atoms with E-state index in [0.29, 0.717) is 12.1 Å². The van der Waals surface area contributed by atoms with Crippen LogP contribution in [0.5, 0.6) is 0 Å². The Morgan fingerprint density at radius 1 is 1.59 bits per heavy atom. The van der Waals surface area contributed by atoms with Crippen molar-refractivity contribution in [3.8, 4) is 0 Å². The predicted octanol–water partition coefficient (Wildman–Crippen LogP) is 2.21. The zero-order valence-corrected chi connectivity index (χ0v) is 10.9. The first-order chi connectivity index (χ1) is 7.82. The van der Waals surface area contributed by atoms with Crippen molar-refractivity contribution >= 4 is 17.5 Å². The van der Waals surface area contributed by atoms with E-state index in [1.165, 1.54) is 11.0 Å². The summed E-state index contributed by atoms with van der Waals surface area (Å²) in [5, 5.41) is 0.255. The Labute approximate surface area is 105 Å². The van der Waals surface area contributed by atoms with Crippen molar-refractivity contribution in [1.29, 1.82) is 0 Å². The zero-order chi connectivity index (χ0) is 13.2. The van der Waals surface area contributed by atoms with Gasteiger partial charge in [0.25, 0.3) is 5.91 Å². The van der Waals surface area contributed by atoms with Gasteiger partial charge in [-0.1, -0.05) is 11.6 Å². The summed E-state index contributed by atoms with van der Waals surface area (Å²) in [5.74, 6) is -0.766. The molecule has 0 aliphatic heterocycles. The second-order valence-electron chi connectivity index (χ2n) is 4.24. The molecule has 5 heteroatoms. The van der Waals surface area contributed by atoms with Gasteiger partial charge >= 0.3 is 0 Å². The molecule has 1 rings (SSSR count). The van der Waals surface area contributed by atoms with Gasteiger partial charge in [0.05, 0.1) is 10.6 Å². The molecule has 0 radical (unpaired) electrons. The van der Waals surface area contributed by atoms with Crippen molar-refractivity contribution in [2.75, 3.05) is 13.6 Å². The van der Waals surface area contributed by atoms with E-state index in [0.717, 1.165) is 6.07 Å². The van der Waals surface area contributed by atoms with Crippen molar-refractivity contribution in [2.24, 2.45) is 5.73 Å². The van der Waals surface area contributed by atoms with Crippen molar-refractivity contribution in [3.05, 3.63) is 34.1 Å². The molecule has 0 spiro atoms. The van der Waals surface area contributed by atoms with Crippen LogP contribution < -0.4 is 5.73 Å². The summed E-state index contributed by atoms with van der Waals surface area (Å²) in [4.78, 5) is 13.4. The molecule has 0 fully saturated rings. The number of hydrogen-bond donors (Lipinski definition) is 1. The Morgan fingerprint density at radius 3 is 2.71 bits per heavy atom. The fourth-order valence-electron chi connectivity index (χ4n) is 1.53. The van der Waals surface area contributed by atoms with Gasteiger partial charge in [0.2, 0.25) is 0 Å². The van der Waals surface area contributed by atoms with Crippen LogP contribution in [-0.2, 0) is 0 Å². The Hall–Kier alpha value is -1.13. The third kappa shape index (κ3) is 3.41. The van der Waals surface area contributed by atoms with Crippen molar-refractivity contribution in [2.45, 2.75) is 19.9 Å². The van der Waals surface area contributed by atoms with Crippen LogP contribution in [0.2, 0.25) is 5.02 Å². The molecule has 0 saturated heterocycles. The molecule has 0 saturated carbocycles. The Morgan fingerprint density at radius 2 is 2.18 bits per heavy atom. The monoisotopic (exact) mass is 258 g/mol. The van der Waals surface area contributed by atoms with Gasteiger partial charge in [-0.15, -0.1) is 0 Å². The number of rotatable bonds is 3. The van der Waals surface area contributed by atoms with Gasteiger partial charge in [0, 0.05) is 19.6 Å². The van der Waals surface area contributed by atoms with E-state index >= 15 is 0 Å². The third-order valence-corrected chi connectivity index (χ3v) is 2.70. The van der Waals surface area contributed by atoms with E-state index in [9.17, 15) is 9.18 Å². The number of aryl methyl sites for hydroxylation is 1. The summed E-state index contributed by atoms with van der Waals surface area (Å²) >= 11 is 5.93. The highest BCUT2D eigenvalue weighted by Crippen LogP contribution is 2.21. The molecule has 0 aliphatic rings. The quantitative estimate of drug-likeness (QED) is 0.904. The lowest BCUT2D eigenvalue weighted by molar-refractivity contribution is 0.0788. The maximum Gasteiger partial charge on any atom is 0.255 e. The molecule has 94 valence electrons. The maximum absolute atomic E-state index is 13.4. The molecule has 1 aromatic rings. The molecule has 0 aliphatic carbocycles. The lowest BCUT2D eigenvalue weighted by Crippen LogP contribution is -2.37. The summed E-state index contributed by atoms with van der Waals surface area (Å²) in [6.07, 6.45) is 0. The minimum atomic E-state index is -0.438. The minimum Gasteiger partial charge on any atom is -0.340 e. The summed E-state index contributed by atoms with van der Waals surface area (Å²) in [6.45, 7) is 3.78. The van der Waals surface area contributed by atoms with Crippen LogP contribution in [0.3, 0.4) is 0 Å². The van der Waals surface area contributed by atoms with Crippen LogP contribution in [-0.4, -0.2) is 30.4 Å². The average Bonchev–Trinajstić information content (AvgIpc) is 2.21. The summed E-state index contributed by atoms with van der Waals surface area (Å²) in [6, 6.07) is 2.47. The summed E-state index contributed by atoms with van der Waals surface area (Å²) < 4.78 is 13.4. The largest absolute Gasteiger partial charge is 0.340 e. The van der Waals surface area contributed by atoms with Crippen LogP contribution in [0, 0.1) is 12.7 Å². The molecule has 1 unspecified atom stereocenters. The van der Waals surface area contributed by atoms with E-state index in [2.05, 4.69) is 0 Å². The maximum atomic E-state index is 13.4. The molecule has 0 aromatic heterocycles. The predicted molar refractivity (Wildman–Crippen MR) is 66.8 cm³/mol. The smallest absolute Gasteiger partial charge is 0.255 e. The molecule has 2 N–H and O–H groups in total. The second-order valence-corrected chi connectivity index (χ2v) is 4.65. The number of hydrogen-bond acceptors (Lipinski definition) is 2. The van der Waals surface area contributed by atoms with E-state index in [1.807, 2.05) is 0 Å². The third-order valence-electron chi connectivity index (χ3n) is 2.39. The molecule has 0 bridgehead atoms. The molecule has 17 heavy (non-hydrogen) atoms. The number of nitrogens with two attached hydrogens (primary N) is 1. The van der Waals surface area contributed by atoms with Crippen molar-refractivity contribution < 1.29 is 9.18 Å². The second kappa shape index (κ2) is 5.47. The van der Waals surface area contributed by atoms with Gasteiger partial charge in [-0.2, -0.15) is 0 Å². The number of benzene rings is 1. The topological polar surface area (TPSA) is 46.3 Å². The lowest BCUT2D eigenvalue weighted by atomic mass is 10.1. The van der Waals surface area contributed by atoms with E-state index in [4.69, 9.17) is 17.3 Å². The molecular formula is C12H16ClFN2O. The minimum absolute atomic E-state index is 0.141. The van der Waals surface area contributed by atoms with Crippen LogP contribution >= 0.6 is 11.6 Å². The first-order valence-electron chi connectivity index (χ1n) is 5.29. The van der Waals surface area contributed by atoms with E-state index in [1.54, 1.807) is 20.9 Å². The van der Waals surface area contributed by atoms with Gasteiger partial charge < -0.3 is 10.6 Å². The fourth-order valence-corrected chi connectivity index (χ4v) is 1.83. The number of nitrogens with zero attached hydrogens (tertiary/aromatic N) is 1. The normalized spacial score (nSPS) is 12.4. The van der Waals surface area contributed by atoms with Crippen LogP contribution in [0.1, 0.15) is 22.8 Å².